The Labute approximate surface area is 128 Å². The normalized spacial score (nSPS) is 9.73. The van der Waals surface area contributed by atoms with Crippen LogP contribution in [0.5, 0.6) is 0 Å². The molecular formula is C16H16N2O4. The third kappa shape index (κ3) is 3.76. The molecule has 0 aliphatic carbocycles. The van der Waals surface area contributed by atoms with E-state index in [9.17, 15) is 9.59 Å². The minimum Gasteiger partial charge on any atom is -0.450 e. The van der Waals surface area contributed by atoms with Crippen LogP contribution in [0.2, 0.25) is 0 Å². The average molecular weight is 300 g/mol. The Bertz CT molecular complexity index is 658. The topological polar surface area (TPSA) is 67.9 Å². The molecule has 114 valence electrons. The molecule has 2 aromatic carbocycles. The molecule has 0 aliphatic rings. The fourth-order valence-corrected chi connectivity index (χ4v) is 1.77. The summed E-state index contributed by atoms with van der Waals surface area (Å²) in [6, 6.07) is 15.7. The van der Waals surface area contributed by atoms with Crippen LogP contribution in [0.25, 0.3) is 0 Å². The van der Waals surface area contributed by atoms with Gasteiger partial charge in [0.25, 0.3) is 0 Å². The van der Waals surface area contributed by atoms with E-state index in [-0.39, 0.29) is 0 Å². The first-order valence-electron chi connectivity index (χ1n) is 6.59. The monoisotopic (exact) mass is 300 g/mol. The highest BCUT2D eigenvalue weighted by Gasteiger charge is 2.21. The van der Waals surface area contributed by atoms with Crippen LogP contribution in [-0.4, -0.2) is 19.3 Å². The first kappa shape index (κ1) is 15.4. The Kier molecular flexibility index (Phi) is 4.98. The summed E-state index contributed by atoms with van der Waals surface area (Å²) in [5.41, 5.74) is 1.86. The standard InChI is InChI=1S/C16H16N2O4/c1-12-8-6-7-11-14(12)17-15(19)22-18(16(20)21-2)13-9-4-3-5-10-13/h3-11H,1-2H3,(H,17,19). The van der Waals surface area contributed by atoms with Crippen molar-refractivity contribution >= 4 is 23.6 Å². The van der Waals surface area contributed by atoms with Crippen LogP contribution in [0.15, 0.2) is 54.6 Å². The number of ether oxygens (including phenoxy) is 1. The molecule has 0 fully saturated rings. The van der Waals surface area contributed by atoms with Crippen molar-refractivity contribution in [1.29, 1.82) is 0 Å². The molecule has 0 heterocycles. The number of hydrogen-bond acceptors (Lipinski definition) is 4. The summed E-state index contributed by atoms with van der Waals surface area (Å²) in [6.45, 7) is 1.85. The smallest absolute Gasteiger partial charge is 0.448 e. The number of hydrogen-bond donors (Lipinski definition) is 1. The predicted molar refractivity (Wildman–Crippen MR) is 82.6 cm³/mol. The fourth-order valence-electron chi connectivity index (χ4n) is 1.77. The van der Waals surface area contributed by atoms with E-state index in [1.165, 1.54) is 7.11 Å². The van der Waals surface area contributed by atoms with E-state index >= 15 is 0 Å². The van der Waals surface area contributed by atoms with Gasteiger partial charge in [-0.25, -0.2) is 9.59 Å². The Balaban J connectivity index is 2.12. The molecule has 0 unspecified atom stereocenters. The van der Waals surface area contributed by atoms with Gasteiger partial charge in [-0.2, -0.15) is 0 Å². The van der Waals surface area contributed by atoms with Crippen LogP contribution < -0.4 is 10.4 Å². The van der Waals surface area contributed by atoms with Crippen LogP contribution in [0.4, 0.5) is 21.0 Å². The highest BCUT2D eigenvalue weighted by Crippen LogP contribution is 2.17. The summed E-state index contributed by atoms with van der Waals surface area (Å²) in [4.78, 5) is 28.8. The van der Waals surface area contributed by atoms with Gasteiger partial charge in [-0.1, -0.05) is 36.4 Å². The summed E-state index contributed by atoms with van der Waals surface area (Å²) in [5.74, 6) is 0. The molecular weight excluding hydrogens is 284 g/mol. The number of amides is 2. The number of aryl methyl sites for hydroxylation is 1. The number of nitrogens with one attached hydrogen (secondary N) is 1. The van der Waals surface area contributed by atoms with Crippen molar-refractivity contribution in [2.24, 2.45) is 0 Å². The predicted octanol–water partition coefficient (Wildman–Crippen LogP) is 3.73. The van der Waals surface area contributed by atoms with Crippen LogP contribution >= 0.6 is 0 Å². The summed E-state index contributed by atoms with van der Waals surface area (Å²) >= 11 is 0. The van der Waals surface area contributed by atoms with Gasteiger partial charge >= 0.3 is 12.2 Å². The van der Waals surface area contributed by atoms with Crippen molar-refractivity contribution < 1.29 is 19.2 Å². The molecule has 0 bridgehead atoms. The molecule has 6 nitrogen and oxygen atoms in total. The zero-order valence-corrected chi connectivity index (χ0v) is 12.3. The minimum atomic E-state index is -0.800. The quantitative estimate of drug-likeness (QED) is 0.858. The van der Waals surface area contributed by atoms with Crippen molar-refractivity contribution in [1.82, 2.24) is 0 Å². The van der Waals surface area contributed by atoms with E-state index < -0.39 is 12.2 Å². The lowest BCUT2D eigenvalue weighted by Crippen LogP contribution is -2.35. The van der Waals surface area contributed by atoms with Gasteiger partial charge in [-0.05, 0) is 30.7 Å². The molecule has 2 rings (SSSR count). The molecule has 0 saturated heterocycles. The maximum Gasteiger partial charge on any atom is 0.448 e. The average Bonchev–Trinajstić information content (AvgIpc) is 2.55. The van der Waals surface area contributed by atoms with Gasteiger partial charge in [0.15, 0.2) is 0 Å². The fraction of sp³-hybridized carbons (Fsp3) is 0.125. The second-order valence-electron chi connectivity index (χ2n) is 4.42. The van der Waals surface area contributed by atoms with Crippen molar-refractivity contribution in [3.8, 4) is 0 Å². The zero-order chi connectivity index (χ0) is 15.9. The first-order valence-corrected chi connectivity index (χ1v) is 6.59. The maximum absolute atomic E-state index is 12.0. The summed E-state index contributed by atoms with van der Waals surface area (Å²) in [5, 5.41) is 3.36. The van der Waals surface area contributed by atoms with Gasteiger partial charge in [-0.3, -0.25) is 5.32 Å². The molecule has 0 radical (unpaired) electrons. The highest BCUT2D eigenvalue weighted by atomic mass is 16.8. The Morgan fingerprint density at radius 3 is 2.27 bits per heavy atom. The SMILES string of the molecule is COC(=O)N(OC(=O)Nc1ccccc1C)c1ccccc1. The van der Waals surface area contributed by atoms with Gasteiger partial charge in [0, 0.05) is 5.69 Å². The third-order valence-corrected chi connectivity index (χ3v) is 2.89. The van der Waals surface area contributed by atoms with E-state index in [0.717, 1.165) is 10.6 Å². The number of carbonyl (C=O) groups excluding carboxylic acids is 2. The number of benzene rings is 2. The number of methoxy groups -OCH3 is 1. The molecule has 6 heteroatoms. The maximum atomic E-state index is 12.0. The second kappa shape index (κ2) is 7.12. The second-order valence-corrected chi connectivity index (χ2v) is 4.42. The molecule has 1 N–H and O–H groups in total. The Hall–Kier alpha value is -3.02. The third-order valence-electron chi connectivity index (χ3n) is 2.89. The van der Waals surface area contributed by atoms with E-state index in [4.69, 9.17) is 4.84 Å². The van der Waals surface area contributed by atoms with Crippen LogP contribution in [0, 0.1) is 6.92 Å². The van der Waals surface area contributed by atoms with Crippen molar-refractivity contribution in [3.63, 3.8) is 0 Å². The molecule has 0 aliphatic heterocycles. The molecule has 2 aromatic rings. The molecule has 0 atom stereocenters. The van der Waals surface area contributed by atoms with Crippen LogP contribution in [0.1, 0.15) is 5.56 Å². The number of anilines is 2. The van der Waals surface area contributed by atoms with E-state index in [2.05, 4.69) is 10.1 Å². The number of carbonyl (C=O) groups is 2. The lowest BCUT2D eigenvalue weighted by molar-refractivity contribution is 0.117. The lowest BCUT2D eigenvalue weighted by atomic mass is 10.2. The summed E-state index contributed by atoms with van der Waals surface area (Å²) < 4.78 is 4.62. The first-order chi connectivity index (χ1) is 10.6. The van der Waals surface area contributed by atoms with Crippen LogP contribution in [-0.2, 0) is 9.57 Å². The molecule has 0 spiro atoms. The van der Waals surface area contributed by atoms with Crippen LogP contribution in [0.3, 0.4) is 0 Å². The molecule has 0 saturated carbocycles. The Morgan fingerprint density at radius 2 is 1.64 bits per heavy atom. The number of hydroxylamine groups is 1. The summed E-state index contributed by atoms with van der Waals surface area (Å²) in [6.07, 6.45) is -1.59. The lowest BCUT2D eigenvalue weighted by Gasteiger charge is -2.19. The molecule has 0 aromatic heterocycles. The number of rotatable bonds is 2. The largest absolute Gasteiger partial charge is 0.450 e. The van der Waals surface area contributed by atoms with Gasteiger partial charge in [0.2, 0.25) is 0 Å². The zero-order valence-electron chi connectivity index (χ0n) is 12.3. The van der Waals surface area contributed by atoms with Gasteiger partial charge < -0.3 is 9.57 Å². The van der Waals surface area contributed by atoms with E-state index in [1.807, 2.05) is 19.1 Å². The minimum absolute atomic E-state index is 0.384. The van der Waals surface area contributed by atoms with E-state index in [1.54, 1.807) is 42.5 Å². The highest BCUT2D eigenvalue weighted by molar-refractivity contribution is 5.92. The Morgan fingerprint density at radius 1 is 1.00 bits per heavy atom. The van der Waals surface area contributed by atoms with E-state index in [0.29, 0.717) is 11.4 Å². The van der Waals surface area contributed by atoms with Gasteiger partial charge in [0.1, 0.15) is 0 Å². The van der Waals surface area contributed by atoms with Crippen molar-refractivity contribution in [2.75, 3.05) is 17.5 Å². The number of para-hydroxylation sites is 2. The number of nitrogens with zero attached hydrogens (tertiary/aromatic N) is 1. The van der Waals surface area contributed by atoms with Gasteiger partial charge in [0.05, 0.1) is 12.8 Å². The van der Waals surface area contributed by atoms with Crippen molar-refractivity contribution in [2.45, 2.75) is 6.92 Å². The van der Waals surface area contributed by atoms with Gasteiger partial charge in [-0.15, -0.1) is 5.06 Å². The molecule has 22 heavy (non-hydrogen) atoms. The summed E-state index contributed by atoms with van der Waals surface area (Å²) in [7, 11) is 1.21. The van der Waals surface area contributed by atoms with Crippen molar-refractivity contribution in [3.05, 3.63) is 60.2 Å². The molecule has 2 amide bonds.